The van der Waals surface area contributed by atoms with Crippen LogP contribution in [0.1, 0.15) is 19.2 Å². The fourth-order valence-electron chi connectivity index (χ4n) is 4.18. The number of hydrogen-bond acceptors (Lipinski definition) is 6. The van der Waals surface area contributed by atoms with Crippen molar-refractivity contribution in [1.29, 1.82) is 0 Å². The average molecular weight is 534 g/mol. The van der Waals surface area contributed by atoms with Gasteiger partial charge in [-0.3, -0.25) is 14.9 Å². The molecule has 1 amide bonds. The van der Waals surface area contributed by atoms with E-state index in [0.29, 0.717) is 21.8 Å². The Morgan fingerprint density at radius 3 is 2.69 bits per heavy atom. The molecule has 2 heterocycles. The Bertz CT molecular complexity index is 1590. The van der Waals surface area contributed by atoms with Crippen molar-refractivity contribution in [2.45, 2.75) is 26.3 Å². The molecule has 0 atom stereocenters. The molecule has 3 aromatic carbocycles. The van der Waals surface area contributed by atoms with Crippen molar-refractivity contribution in [1.82, 2.24) is 14.7 Å². The predicted octanol–water partition coefficient (Wildman–Crippen LogP) is 6.11. The van der Waals surface area contributed by atoms with E-state index in [0.717, 1.165) is 28.5 Å². The molecular weight excluding hydrogens is 514 g/mol. The highest BCUT2D eigenvalue weighted by atomic mass is 79.9. The minimum absolute atomic E-state index is 0.0431. The van der Waals surface area contributed by atoms with Gasteiger partial charge in [0.2, 0.25) is 17.6 Å². The summed E-state index contributed by atoms with van der Waals surface area (Å²) in [4.78, 5) is 27.4. The second kappa shape index (κ2) is 9.30. The van der Waals surface area contributed by atoms with E-state index in [1.54, 1.807) is 6.07 Å². The number of carbonyl (C=O) groups is 1. The maximum atomic E-state index is 12.6. The van der Waals surface area contributed by atoms with Gasteiger partial charge in [-0.1, -0.05) is 23.4 Å². The number of benzene rings is 3. The predicted molar refractivity (Wildman–Crippen MR) is 136 cm³/mol. The third-order valence-corrected chi connectivity index (χ3v) is 6.47. The molecule has 0 unspecified atom stereocenters. The number of nitro benzene ring substituents is 1. The first-order valence-electron chi connectivity index (χ1n) is 11.0. The van der Waals surface area contributed by atoms with Gasteiger partial charge in [0, 0.05) is 69.0 Å². The fourth-order valence-corrected chi connectivity index (χ4v) is 4.72. The van der Waals surface area contributed by atoms with Crippen LogP contribution in [0.3, 0.4) is 0 Å². The van der Waals surface area contributed by atoms with Gasteiger partial charge in [-0.15, -0.1) is 0 Å². The standard InChI is InChI=1S/C25H20BrN5O4/c1-2-30-21-6-4-3-5-17(21)19-13-15(7-10-22(19)30)27-23(32)11-12-24-28-25(29-35-24)18-9-8-16(31(33)34)14-20(18)26/h3-10,13-14H,2,11-12H2,1H3,(H,27,32). The van der Waals surface area contributed by atoms with Gasteiger partial charge in [0.05, 0.1) is 4.92 Å². The molecule has 35 heavy (non-hydrogen) atoms. The molecule has 0 radical (unpaired) electrons. The maximum Gasteiger partial charge on any atom is 0.270 e. The number of non-ortho nitro benzene ring substituents is 1. The molecule has 2 aromatic heterocycles. The Balaban J connectivity index is 1.27. The van der Waals surface area contributed by atoms with Gasteiger partial charge in [0.15, 0.2) is 0 Å². The van der Waals surface area contributed by atoms with Crippen LogP contribution in [0.2, 0.25) is 0 Å². The largest absolute Gasteiger partial charge is 0.341 e. The van der Waals surface area contributed by atoms with Crippen LogP contribution in [0.15, 0.2) is 69.7 Å². The van der Waals surface area contributed by atoms with E-state index in [-0.39, 0.29) is 24.4 Å². The van der Waals surface area contributed by atoms with E-state index < -0.39 is 4.92 Å². The average Bonchev–Trinajstić information content (AvgIpc) is 3.45. The fraction of sp³-hybridized carbons (Fsp3) is 0.160. The highest BCUT2D eigenvalue weighted by Gasteiger charge is 2.16. The minimum Gasteiger partial charge on any atom is -0.341 e. The van der Waals surface area contributed by atoms with Gasteiger partial charge < -0.3 is 14.4 Å². The summed E-state index contributed by atoms with van der Waals surface area (Å²) in [7, 11) is 0. The molecule has 0 saturated heterocycles. The number of aryl methyl sites for hydroxylation is 2. The normalized spacial score (nSPS) is 11.3. The van der Waals surface area contributed by atoms with Crippen molar-refractivity contribution >= 4 is 55.0 Å². The van der Waals surface area contributed by atoms with Gasteiger partial charge in [-0.25, -0.2) is 0 Å². The molecule has 0 fully saturated rings. The quantitative estimate of drug-likeness (QED) is 0.199. The van der Waals surface area contributed by atoms with Crippen molar-refractivity contribution in [3.63, 3.8) is 0 Å². The number of fused-ring (bicyclic) bond motifs is 3. The van der Waals surface area contributed by atoms with Crippen molar-refractivity contribution in [3.05, 3.63) is 81.1 Å². The zero-order chi connectivity index (χ0) is 24.5. The van der Waals surface area contributed by atoms with Crippen molar-refractivity contribution in [2.24, 2.45) is 0 Å². The molecule has 0 saturated carbocycles. The first kappa shape index (κ1) is 22.7. The maximum absolute atomic E-state index is 12.6. The highest BCUT2D eigenvalue weighted by molar-refractivity contribution is 9.10. The topological polar surface area (TPSA) is 116 Å². The van der Waals surface area contributed by atoms with Crippen LogP contribution in [-0.2, 0) is 17.8 Å². The third kappa shape index (κ3) is 4.40. The molecule has 0 aliphatic carbocycles. The number of nitro groups is 1. The van der Waals surface area contributed by atoms with E-state index in [1.165, 1.54) is 17.6 Å². The van der Waals surface area contributed by atoms with E-state index in [2.05, 4.69) is 55.0 Å². The molecule has 5 aromatic rings. The second-order valence-corrected chi connectivity index (χ2v) is 8.83. The summed E-state index contributed by atoms with van der Waals surface area (Å²) in [6.45, 7) is 2.98. The lowest BCUT2D eigenvalue weighted by atomic mass is 10.1. The lowest BCUT2D eigenvalue weighted by molar-refractivity contribution is -0.384. The minimum atomic E-state index is -0.478. The van der Waals surface area contributed by atoms with Crippen LogP contribution in [0.4, 0.5) is 11.4 Å². The zero-order valence-electron chi connectivity index (χ0n) is 18.7. The second-order valence-electron chi connectivity index (χ2n) is 7.97. The summed E-state index contributed by atoms with van der Waals surface area (Å²) in [6, 6.07) is 18.5. The Morgan fingerprint density at radius 2 is 1.91 bits per heavy atom. The summed E-state index contributed by atoms with van der Waals surface area (Å²) in [5.74, 6) is 0.432. The van der Waals surface area contributed by atoms with Gasteiger partial charge in [-0.05, 0) is 53.2 Å². The Labute approximate surface area is 208 Å². The van der Waals surface area contributed by atoms with Gasteiger partial charge in [0.1, 0.15) is 0 Å². The number of carbonyl (C=O) groups excluding carboxylic acids is 1. The Kier molecular flexibility index (Phi) is 6.04. The smallest absolute Gasteiger partial charge is 0.270 e. The molecule has 0 aliphatic rings. The van der Waals surface area contributed by atoms with E-state index in [9.17, 15) is 14.9 Å². The molecule has 10 heteroatoms. The SMILES string of the molecule is CCn1c2ccccc2c2cc(NC(=O)CCc3nc(-c4ccc([N+](=O)[O-])cc4Br)no3)ccc21. The number of para-hydroxylation sites is 1. The lowest BCUT2D eigenvalue weighted by Gasteiger charge is -2.06. The Morgan fingerprint density at radius 1 is 1.11 bits per heavy atom. The van der Waals surface area contributed by atoms with Crippen LogP contribution in [0, 0.1) is 10.1 Å². The van der Waals surface area contributed by atoms with Crippen LogP contribution in [0.5, 0.6) is 0 Å². The molecular formula is C25H20BrN5O4. The third-order valence-electron chi connectivity index (χ3n) is 5.81. The van der Waals surface area contributed by atoms with Gasteiger partial charge in [-0.2, -0.15) is 4.98 Å². The molecule has 0 aliphatic heterocycles. The molecule has 1 N–H and O–H groups in total. The van der Waals surface area contributed by atoms with Crippen molar-refractivity contribution in [2.75, 3.05) is 5.32 Å². The van der Waals surface area contributed by atoms with E-state index >= 15 is 0 Å². The highest BCUT2D eigenvalue weighted by Crippen LogP contribution is 2.32. The number of aromatic nitrogens is 3. The lowest BCUT2D eigenvalue weighted by Crippen LogP contribution is -2.12. The van der Waals surface area contributed by atoms with Crippen LogP contribution in [0.25, 0.3) is 33.2 Å². The molecule has 5 rings (SSSR count). The number of anilines is 1. The van der Waals surface area contributed by atoms with Crippen LogP contribution >= 0.6 is 15.9 Å². The molecule has 176 valence electrons. The monoisotopic (exact) mass is 533 g/mol. The first-order chi connectivity index (χ1) is 16.9. The number of nitrogens with one attached hydrogen (secondary N) is 1. The van der Waals surface area contributed by atoms with Crippen molar-refractivity contribution < 1.29 is 14.2 Å². The van der Waals surface area contributed by atoms with Gasteiger partial charge >= 0.3 is 0 Å². The van der Waals surface area contributed by atoms with E-state index in [4.69, 9.17) is 4.52 Å². The molecule has 9 nitrogen and oxygen atoms in total. The summed E-state index contributed by atoms with van der Waals surface area (Å²) >= 11 is 3.31. The van der Waals surface area contributed by atoms with E-state index in [1.807, 2.05) is 30.3 Å². The molecule has 0 bridgehead atoms. The summed E-state index contributed by atoms with van der Waals surface area (Å²) in [5.41, 5.74) is 3.54. The summed E-state index contributed by atoms with van der Waals surface area (Å²) < 4.78 is 8.01. The Hall–Kier alpha value is -4.05. The summed E-state index contributed by atoms with van der Waals surface area (Å²) in [5, 5.41) is 20.0. The molecule has 0 spiro atoms. The number of nitrogens with zero attached hydrogens (tertiary/aromatic N) is 4. The number of halogens is 1. The number of rotatable bonds is 7. The zero-order valence-corrected chi connectivity index (χ0v) is 20.3. The van der Waals surface area contributed by atoms with Crippen molar-refractivity contribution in [3.8, 4) is 11.4 Å². The number of amides is 1. The van der Waals surface area contributed by atoms with Crippen LogP contribution in [-0.4, -0.2) is 25.5 Å². The first-order valence-corrected chi connectivity index (χ1v) is 11.8. The van der Waals surface area contributed by atoms with Crippen LogP contribution < -0.4 is 5.32 Å². The number of hydrogen-bond donors (Lipinski definition) is 1. The summed E-state index contributed by atoms with van der Waals surface area (Å²) in [6.07, 6.45) is 0.429. The van der Waals surface area contributed by atoms with Gasteiger partial charge in [0.25, 0.3) is 5.69 Å².